The second-order valence-corrected chi connectivity index (χ2v) is 8.49. The van der Waals surface area contributed by atoms with Crippen LogP contribution in [0, 0.1) is 28.9 Å². The van der Waals surface area contributed by atoms with Gasteiger partial charge in [0.1, 0.15) is 11.6 Å². The lowest BCUT2D eigenvalue weighted by Crippen LogP contribution is -2.38. The second-order valence-electron chi connectivity index (χ2n) is 8.49. The Morgan fingerprint density at radius 2 is 1.91 bits per heavy atom. The lowest BCUT2D eigenvalue weighted by atomic mass is 9.98. The molecule has 1 unspecified atom stereocenters. The molecule has 1 atom stereocenters. The molecule has 2 aliphatic heterocycles. The number of likely N-dealkylation sites (tertiary alicyclic amines) is 1. The van der Waals surface area contributed by atoms with Gasteiger partial charge in [0.05, 0.1) is 29.4 Å². The summed E-state index contributed by atoms with van der Waals surface area (Å²) >= 11 is 0. The highest BCUT2D eigenvalue weighted by atomic mass is 19.1. The molecule has 2 fully saturated rings. The Hall–Kier alpha value is -3.47. The van der Waals surface area contributed by atoms with Gasteiger partial charge in [-0.3, -0.25) is 4.79 Å². The molecule has 0 aliphatic carbocycles. The summed E-state index contributed by atoms with van der Waals surface area (Å²) in [7, 11) is 0. The average molecular weight is 435 g/mol. The van der Waals surface area contributed by atoms with Crippen molar-refractivity contribution in [2.75, 3.05) is 24.5 Å². The minimum Gasteiger partial charge on any atom is -0.364 e. The maximum atomic E-state index is 14.5. The molecule has 3 aromatic rings. The third-order valence-corrected chi connectivity index (χ3v) is 6.60. The van der Waals surface area contributed by atoms with Gasteiger partial charge in [-0.15, -0.1) is 0 Å². The Labute approximate surface area is 184 Å². The highest BCUT2D eigenvalue weighted by Crippen LogP contribution is 2.38. The number of hydrogen-bond acceptors (Lipinski definition) is 4. The van der Waals surface area contributed by atoms with Crippen LogP contribution in [0.1, 0.15) is 47.6 Å². The van der Waals surface area contributed by atoms with Crippen molar-refractivity contribution in [3.63, 3.8) is 0 Å². The molecule has 1 amide bonds. The van der Waals surface area contributed by atoms with E-state index in [0.29, 0.717) is 42.6 Å². The van der Waals surface area contributed by atoms with Crippen LogP contribution in [0.3, 0.4) is 0 Å². The summed E-state index contributed by atoms with van der Waals surface area (Å²) in [5, 5.41) is 13.4. The first-order chi connectivity index (χ1) is 15.5. The van der Waals surface area contributed by atoms with Crippen molar-refractivity contribution in [2.24, 2.45) is 5.92 Å². The molecule has 164 valence electrons. The minimum atomic E-state index is -0.451. The standard InChI is InChI=1S/C24H23F2N5O/c25-17-3-4-21(26)19(12-17)22-2-1-8-30(22)18-7-11-31-23(13-18)20(15-28-31)24(32)29-9-5-16(14-27)6-10-29/h3-4,7,11-13,15-16,22H,1-2,5-6,8-10H2. The topological polar surface area (TPSA) is 64.6 Å². The van der Waals surface area contributed by atoms with Crippen molar-refractivity contribution in [3.05, 3.63) is 65.5 Å². The molecule has 6 nitrogen and oxygen atoms in total. The van der Waals surface area contributed by atoms with E-state index in [1.54, 1.807) is 21.8 Å². The van der Waals surface area contributed by atoms with Gasteiger partial charge < -0.3 is 9.80 Å². The Balaban J connectivity index is 1.45. The number of pyridine rings is 1. The number of amides is 1. The molecule has 0 N–H and O–H groups in total. The second kappa shape index (κ2) is 8.23. The smallest absolute Gasteiger partial charge is 0.257 e. The molecule has 2 aromatic heterocycles. The van der Waals surface area contributed by atoms with Gasteiger partial charge in [-0.2, -0.15) is 10.4 Å². The van der Waals surface area contributed by atoms with Crippen LogP contribution in [-0.2, 0) is 0 Å². The van der Waals surface area contributed by atoms with E-state index in [1.165, 1.54) is 12.1 Å². The highest BCUT2D eigenvalue weighted by molar-refractivity contribution is 6.01. The Kier molecular flexibility index (Phi) is 5.25. The third kappa shape index (κ3) is 3.58. The van der Waals surface area contributed by atoms with E-state index in [0.717, 1.165) is 31.1 Å². The van der Waals surface area contributed by atoms with E-state index in [9.17, 15) is 13.6 Å². The number of hydrogen-bond donors (Lipinski definition) is 0. The fourth-order valence-corrected chi connectivity index (χ4v) is 4.86. The number of fused-ring (bicyclic) bond motifs is 1. The van der Waals surface area contributed by atoms with Crippen molar-refractivity contribution < 1.29 is 13.6 Å². The summed E-state index contributed by atoms with van der Waals surface area (Å²) in [5.41, 5.74) is 2.39. The molecule has 2 aliphatic rings. The SMILES string of the molecule is N#CC1CCN(C(=O)c2cnn3ccc(N4CCCC4c4cc(F)ccc4F)cc23)CC1. The normalized spacial score (nSPS) is 19.5. The van der Waals surface area contributed by atoms with E-state index in [2.05, 4.69) is 16.1 Å². The fraction of sp³-hybridized carbons (Fsp3) is 0.375. The Morgan fingerprint density at radius 1 is 1.09 bits per heavy atom. The van der Waals surface area contributed by atoms with Crippen molar-refractivity contribution >= 4 is 17.1 Å². The Morgan fingerprint density at radius 3 is 2.69 bits per heavy atom. The van der Waals surface area contributed by atoms with Crippen molar-refractivity contribution in [1.29, 1.82) is 5.26 Å². The average Bonchev–Trinajstić information content (AvgIpc) is 3.47. The molecule has 32 heavy (non-hydrogen) atoms. The van der Waals surface area contributed by atoms with E-state index in [1.807, 2.05) is 12.1 Å². The van der Waals surface area contributed by atoms with Crippen LogP contribution in [0.4, 0.5) is 14.5 Å². The molecule has 5 rings (SSSR count). The monoisotopic (exact) mass is 435 g/mol. The predicted octanol–water partition coefficient (Wildman–Crippen LogP) is 4.33. The number of halogens is 2. The predicted molar refractivity (Wildman–Crippen MR) is 115 cm³/mol. The number of benzene rings is 1. The summed E-state index contributed by atoms with van der Waals surface area (Å²) in [4.78, 5) is 17.0. The van der Waals surface area contributed by atoms with Gasteiger partial charge in [-0.25, -0.2) is 13.3 Å². The number of anilines is 1. The first kappa shape index (κ1) is 20.4. The van der Waals surface area contributed by atoms with Gasteiger partial charge in [0.2, 0.25) is 0 Å². The number of carbonyl (C=O) groups excluding carboxylic acids is 1. The number of nitrogens with zero attached hydrogens (tertiary/aromatic N) is 5. The lowest BCUT2D eigenvalue weighted by molar-refractivity contribution is 0.0709. The van der Waals surface area contributed by atoms with E-state index < -0.39 is 11.6 Å². The summed E-state index contributed by atoms with van der Waals surface area (Å²) in [5.74, 6) is -0.953. The van der Waals surface area contributed by atoms with Gasteiger partial charge in [0, 0.05) is 43.0 Å². The van der Waals surface area contributed by atoms with Crippen molar-refractivity contribution in [2.45, 2.75) is 31.7 Å². The molecule has 0 spiro atoms. The number of carbonyl (C=O) groups is 1. The van der Waals surface area contributed by atoms with Crippen LogP contribution in [0.15, 0.2) is 42.7 Å². The van der Waals surface area contributed by atoms with Crippen LogP contribution in [-0.4, -0.2) is 40.1 Å². The first-order valence-electron chi connectivity index (χ1n) is 10.9. The zero-order valence-electron chi connectivity index (χ0n) is 17.5. The fourth-order valence-electron chi connectivity index (χ4n) is 4.86. The number of aromatic nitrogens is 2. The van der Waals surface area contributed by atoms with Gasteiger partial charge >= 0.3 is 0 Å². The van der Waals surface area contributed by atoms with Crippen LogP contribution < -0.4 is 4.90 Å². The number of nitriles is 1. The molecule has 0 radical (unpaired) electrons. The van der Waals surface area contributed by atoms with Crippen LogP contribution in [0.25, 0.3) is 5.52 Å². The van der Waals surface area contributed by atoms with Crippen molar-refractivity contribution in [1.82, 2.24) is 14.5 Å². The Bertz CT molecular complexity index is 1210. The number of rotatable bonds is 3. The third-order valence-electron chi connectivity index (χ3n) is 6.60. The zero-order valence-corrected chi connectivity index (χ0v) is 17.5. The maximum absolute atomic E-state index is 14.5. The van der Waals surface area contributed by atoms with E-state index >= 15 is 0 Å². The quantitative estimate of drug-likeness (QED) is 0.614. The van der Waals surface area contributed by atoms with Gasteiger partial charge in [0.25, 0.3) is 5.91 Å². The highest BCUT2D eigenvalue weighted by Gasteiger charge is 2.30. The molecule has 8 heteroatoms. The van der Waals surface area contributed by atoms with Gasteiger partial charge in [0.15, 0.2) is 0 Å². The van der Waals surface area contributed by atoms with Crippen molar-refractivity contribution in [3.8, 4) is 6.07 Å². The lowest BCUT2D eigenvalue weighted by Gasteiger charge is -2.29. The summed E-state index contributed by atoms with van der Waals surface area (Å²) in [6.07, 6.45) is 6.32. The molecule has 4 heterocycles. The van der Waals surface area contributed by atoms with Crippen LogP contribution >= 0.6 is 0 Å². The van der Waals surface area contributed by atoms with E-state index in [-0.39, 0.29) is 17.9 Å². The summed E-state index contributed by atoms with van der Waals surface area (Å²) in [6.45, 7) is 1.83. The molecule has 0 bridgehead atoms. The van der Waals surface area contributed by atoms with Crippen LogP contribution in [0.2, 0.25) is 0 Å². The first-order valence-corrected chi connectivity index (χ1v) is 10.9. The molecule has 2 saturated heterocycles. The maximum Gasteiger partial charge on any atom is 0.257 e. The van der Waals surface area contributed by atoms with Gasteiger partial charge in [-0.1, -0.05) is 0 Å². The molecular weight excluding hydrogens is 412 g/mol. The minimum absolute atomic E-state index is 0.00452. The van der Waals surface area contributed by atoms with E-state index in [4.69, 9.17) is 5.26 Å². The summed E-state index contributed by atoms with van der Waals surface area (Å²) < 4.78 is 29.9. The number of piperidine rings is 1. The summed E-state index contributed by atoms with van der Waals surface area (Å²) in [6, 6.07) is 9.39. The molecule has 1 aromatic carbocycles. The largest absolute Gasteiger partial charge is 0.364 e. The zero-order chi connectivity index (χ0) is 22.2. The van der Waals surface area contributed by atoms with Gasteiger partial charge in [-0.05, 0) is 56.0 Å². The molecule has 0 saturated carbocycles. The van der Waals surface area contributed by atoms with Crippen LogP contribution in [0.5, 0.6) is 0 Å². The molecular formula is C24H23F2N5O.